The van der Waals surface area contributed by atoms with Gasteiger partial charge in [-0.1, -0.05) is 12.1 Å². The monoisotopic (exact) mass is 513 g/mol. The average molecular weight is 514 g/mol. The molecule has 0 amide bonds. The molecule has 4 N–H and O–H groups in total. The van der Waals surface area contributed by atoms with E-state index in [0.29, 0.717) is 17.4 Å². The Morgan fingerprint density at radius 3 is 2.37 bits per heavy atom. The zero-order chi connectivity index (χ0) is 25.8. The van der Waals surface area contributed by atoms with E-state index in [0.717, 1.165) is 10.6 Å². The molecule has 1 unspecified atom stereocenters. The number of benzene rings is 1. The highest BCUT2D eigenvalue weighted by Gasteiger charge is 2.35. The van der Waals surface area contributed by atoms with Gasteiger partial charge in [0.25, 0.3) is 0 Å². The number of hydrogen-bond acceptors (Lipinski definition) is 10. The molecule has 0 fully saturated rings. The number of anilines is 4. The van der Waals surface area contributed by atoms with E-state index in [1.54, 1.807) is 0 Å². The third-order valence-electron chi connectivity index (χ3n) is 4.79. The smallest absolute Gasteiger partial charge is 0.393 e. The van der Waals surface area contributed by atoms with Gasteiger partial charge in [0.15, 0.2) is 5.82 Å². The molecule has 2 aromatic heterocycles. The highest BCUT2D eigenvalue weighted by Crippen LogP contribution is 2.34. The van der Waals surface area contributed by atoms with E-state index in [9.17, 15) is 26.7 Å². The van der Waals surface area contributed by atoms with Crippen molar-refractivity contribution in [3.63, 3.8) is 0 Å². The standard InChI is InChI=1S/C20H22F3N7O4S/c1-30(35(2,33)34)18-15(24-7-8-25-18)10-26-17-14(20(21,22)23)9-27-19(29-17)28-13-5-3-12(4-6-13)16(32)11-31/h3-9,16,31-32H,10-11H2,1-2H3,(H2,26,27,28,29). The number of nitrogens with one attached hydrogen (secondary N) is 2. The summed E-state index contributed by atoms with van der Waals surface area (Å²) in [7, 11) is -2.43. The van der Waals surface area contributed by atoms with Gasteiger partial charge in [0.2, 0.25) is 16.0 Å². The first-order valence-corrected chi connectivity index (χ1v) is 11.8. The molecular weight excluding hydrogens is 491 g/mol. The van der Waals surface area contributed by atoms with Crippen molar-refractivity contribution in [2.75, 3.05) is 34.8 Å². The molecule has 11 nitrogen and oxygen atoms in total. The highest BCUT2D eigenvalue weighted by molar-refractivity contribution is 7.92. The minimum Gasteiger partial charge on any atom is -0.393 e. The number of alkyl halides is 3. The molecule has 3 aromatic rings. The van der Waals surface area contributed by atoms with Crippen LogP contribution in [0.25, 0.3) is 0 Å². The SMILES string of the molecule is CN(c1nccnc1CNc1nc(Nc2ccc(C(O)CO)cc2)ncc1C(F)(F)F)S(C)(=O)=O. The van der Waals surface area contributed by atoms with Crippen molar-refractivity contribution in [3.8, 4) is 0 Å². The summed E-state index contributed by atoms with van der Waals surface area (Å²) in [6.07, 6.45) is -1.71. The molecule has 0 aliphatic rings. The lowest BCUT2D eigenvalue weighted by Crippen LogP contribution is -2.27. The number of aliphatic hydroxyl groups is 2. The van der Waals surface area contributed by atoms with Gasteiger partial charge in [-0.15, -0.1) is 0 Å². The van der Waals surface area contributed by atoms with Gasteiger partial charge in [-0.3, -0.25) is 9.29 Å². The molecule has 188 valence electrons. The normalized spacial score (nSPS) is 12.8. The Balaban J connectivity index is 1.87. The largest absolute Gasteiger partial charge is 0.421 e. The summed E-state index contributed by atoms with van der Waals surface area (Å²) in [4.78, 5) is 15.6. The van der Waals surface area contributed by atoms with Crippen LogP contribution in [0, 0.1) is 0 Å². The van der Waals surface area contributed by atoms with E-state index < -0.39 is 40.3 Å². The Morgan fingerprint density at radius 1 is 1.11 bits per heavy atom. The van der Waals surface area contributed by atoms with Crippen LogP contribution in [-0.2, 0) is 22.7 Å². The molecular formula is C20H22F3N7O4S. The van der Waals surface area contributed by atoms with Gasteiger partial charge in [-0.2, -0.15) is 18.2 Å². The second-order valence-electron chi connectivity index (χ2n) is 7.31. The Morgan fingerprint density at radius 2 is 1.77 bits per heavy atom. The van der Waals surface area contributed by atoms with Crippen LogP contribution in [-0.4, -0.2) is 58.5 Å². The van der Waals surface area contributed by atoms with Crippen molar-refractivity contribution in [1.82, 2.24) is 19.9 Å². The Kier molecular flexibility index (Phi) is 7.72. The van der Waals surface area contributed by atoms with E-state index in [1.807, 2.05) is 0 Å². The van der Waals surface area contributed by atoms with E-state index in [-0.39, 0.29) is 24.0 Å². The zero-order valence-corrected chi connectivity index (χ0v) is 19.3. The van der Waals surface area contributed by atoms with E-state index in [2.05, 4.69) is 30.6 Å². The summed E-state index contributed by atoms with van der Waals surface area (Å²) in [5.74, 6) is -0.752. The predicted molar refractivity (Wildman–Crippen MR) is 121 cm³/mol. The fourth-order valence-corrected chi connectivity index (χ4v) is 3.35. The molecule has 35 heavy (non-hydrogen) atoms. The van der Waals surface area contributed by atoms with Crippen LogP contribution in [0.1, 0.15) is 22.9 Å². The van der Waals surface area contributed by atoms with Crippen LogP contribution >= 0.6 is 0 Å². The van der Waals surface area contributed by atoms with Gasteiger partial charge in [0, 0.05) is 31.3 Å². The highest BCUT2D eigenvalue weighted by atomic mass is 32.2. The van der Waals surface area contributed by atoms with Crippen LogP contribution in [0.15, 0.2) is 42.9 Å². The minimum absolute atomic E-state index is 0.0476. The summed E-state index contributed by atoms with van der Waals surface area (Å²) in [6.45, 7) is -0.770. The number of halogens is 3. The minimum atomic E-state index is -4.77. The maximum absolute atomic E-state index is 13.6. The number of nitrogens with zero attached hydrogens (tertiary/aromatic N) is 5. The Labute approximate surface area is 198 Å². The van der Waals surface area contributed by atoms with E-state index in [4.69, 9.17) is 5.11 Å². The molecule has 0 aliphatic carbocycles. The first kappa shape index (κ1) is 26.1. The molecule has 0 aliphatic heterocycles. The Hall–Kier alpha value is -3.56. The summed E-state index contributed by atoms with van der Waals surface area (Å²) >= 11 is 0. The molecule has 0 bridgehead atoms. The lowest BCUT2D eigenvalue weighted by atomic mass is 10.1. The van der Waals surface area contributed by atoms with Crippen LogP contribution in [0.2, 0.25) is 0 Å². The summed E-state index contributed by atoms with van der Waals surface area (Å²) in [6, 6.07) is 6.13. The van der Waals surface area contributed by atoms with Gasteiger partial charge in [0.05, 0.1) is 19.4 Å². The van der Waals surface area contributed by atoms with Gasteiger partial charge < -0.3 is 20.8 Å². The predicted octanol–water partition coefficient (Wildman–Crippen LogP) is 2.06. The van der Waals surface area contributed by atoms with Crippen molar-refractivity contribution in [2.45, 2.75) is 18.8 Å². The van der Waals surface area contributed by atoms with Crippen LogP contribution in [0.3, 0.4) is 0 Å². The van der Waals surface area contributed by atoms with Crippen molar-refractivity contribution in [1.29, 1.82) is 0 Å². The van der Waals surface area contributed by atoms with Gasteiger partial charge in [-0.05, 0) is 17.7 Å². The molecule has 15 heteroatoms. The molecule has 0 spiro atoms. The first-order chi connectivity index (χ1) is 16.4. The molecule has 2 heterocycles. The third kappa shape index (κ3) is 6.52. The molecule has 1 atom stereocenters. The molecule has 3 rings (SSSR count). The van der Waals surface area contributed by atoms with Crippen LogP contribution in [0.4, 0.5) is 36.4 Å². The number of rotatable bonds is 9. The molecule has 0 saturated heterocycles. The molecule has 1 aromatic carbocycles. The Bertz CT molecular complexity index is 1270. The van der Waals surface area contributed by atoms with Crippen molar-refractivity contribution < 1.29 is 31.8 Å². The number of aliphatic hydroxyl groups excluding tert-OH is 2. The number of aromatic nitrogens is 4. The third-order valence-corrected chi connectivity index (χ3v) is 5.96. The maximum atomic E-state index is 13.6. The fourth-order valence-electron chi connectivity index (χ4n) is 2.88. The zero-order valence-electron chi connectivity index (χ0n) is 18.5. The van der Waals surface area contributed by atoms with Crippen molar-refractivity contribution >= 4 is 33.3 Å². The van der Waals surface area contributed by atoms with E-state index >= 15 is 0 Å². The number of sulfonamides is 1. The number of hydrogen-bond donors (Lipinski definition) is 4. The van der Waals surface area contributed by atoms with Crippen LogP contribution < -0.4 is 14.9 Å². The van der Waals surface area contributed by atoms with Crippen molar-refractivity contribution in [2.24, 2.45) is 0 Å². The fraction of sp³-hybridized carbons (Fsp3) is 0.300. The molecule has 0 saturated carbocycles. The van der Waals surface area contributed by atoms with Crippen molar-refractivity contribution in [3.05, 3.63) is 59.7 Å². The summed E-state index contributed by atoms with van der Waals surface area (Å²) in [5.41, 5.74) is -0.172. The lowest BCUT2D eigenvalue weighted by molar-refractivity contribution is -0.137. The summed E-state index contributed by atoms with van der Waals surface area (Å²) < 4.78 is 65.3. The molecule has 0 radical (unpaired) electrons. The quantitative estimate of drug-likeness (QED) is 0.334. The van der Waals surface area contributed by atoms with E-state index in [1.165, 1.54) is 43.7 Å². The summed E-state index contributed by atoms with van der Waals surface area (Å²) in [5, 5.41) is 24.0. The second kappa shape index (κ2) is 10.4. The second-order valence-corrected chi connectivity index (χ2v) is 9.32. The van der Waals surface area contributed by atoms with Gasteiger partial charge in [-0.25, -0.2) is 18.4 Å². The average Bonchev–Trinajstić information content (AvgIpc) is 2.81. The van der Waals surface area contributed by atoms with Gasteiger partial charge in [0.1, 0.15) is 23.2 Å². The van der Waals surface area contributed by atoms with Crippen LogP contribution in [0.5, 0.6) is 0 Å². The first-order valence-electron chi connectivity index (χ1n) is 9.98. The topological polar surface area (TPSA) is 153 Å². The van der Waals surface area contributed by atoms with Gasteiger partial charge >= 0.3 is 6.18 Å². The maximum Gasteiger partial charge on any atom is 0.421 e. The lowest BCUT2D eigenvalue weighted by Gasteiger charge is -2.19.